The molecule has 0 aliphatic heterocycles. The highest BCUT2D eigenvalue weighted by Gasteiger charge is 2.13. The lowest BCUT2D eigenvalue weighted by Crippen LogP contribution is -2.31. The highest BCUT2D eigenvalue weighted by molar-refractivity contribution is 14.0. The van der Waals surface area contributed by atoms with Crippen LogP contribution in [0.5, 0.6) is 0 Å². The summed E-state index contributed by atoms with van der Waals surface area (Å²) in [4.78, 5) is 31.8. The van der Waals surface area contributed by atoms with E-state index in [1.807, 2.05) is 0 Å². The van der Waals surface area contributed by atoms with E-state index < -0.39 is 22.8 Å². The summed E-state index contributed by atoms with van der Waals surface area (Å²) in [6.45, 7) is 0. The summed E-state index contributed by atoms with van der Waals surface area (Å²) in [6.07, 6.45) is -0.0153. The number of nitrogens with one attached hydrogen (secondary N) is 1. The standard InChI is InChI=1S/C11H13N3O5.HI/c12-9(11(16)17)5-6-10(15)13-7-1-3-8(4-2-7)14(18)19;/h1-4,9H,5-6,12H2,(H,13,15)(H,16,17);1H/t9-;/m0./s1. The summed E-state index contributed by atoms with van der Waals surface area (Å²) >= 11 is 0. The molecule has 1 rings (SSSR count). The highest BCUT2D eigenvalue weighted by Crippen LogP contribution is 2.15. The number of non-ortho nitro benzene ring substituents is 1. The van der Waals surface area contributed by atoms with E-state index in [9.17, 15) is 19.7 Å². The molecule has 8 nitrogen and oxygen atoms in total. The number of carbonyl (C=O) groups excluding carboxylic acids is 1. The molecule has 0 saturated heterocycles. The third-order valence-electron chi connectivity index (χ3n) is 2.36. The van der Waals surface area contributed by atoms with Crippen LogP contribution in [0.2, 0.25) is 0 Å². The van der Waals surface area contributed by atoms with Crippen molar-refractivity contribution >= 4 is 47.2 Å². The van der Waals surface area contributed by atoms with E-state index in [4.69, 9.17) is 10.8 Å². The van der Waals surface area contributed by atoms with Crippen LogP contribution < -0.4 is 11.1 Å². The Morgan fingerprint density at radius 1 is 1.35 bits per heavy atom. The molecule has 0 bridgehead atoms. The summed E-state index contributed by atoms with van der Waals surface area (Å²) in [5.74, 6) is -1.56. The molecule has 0 fully saturated rings. The molecule has 9 heteroatoms. The third kappa shape index (κ3) is 5.93. The summed E-state index contributed by atoms with van der Waals surface area (Å²) in [7, 11) is 0. The lowest BCUT2D eigenvalue weighted by Gasteiger charge is -2.07. The Balaban J connectivity index is 0.00000361. The van der Waals surface area contributed by atoms with Gasteiger partial charge in [-0.2, -0.15) is 0 Å². The summed E-state index contributed by atoms with van der Waals surface area (Å²) in [5, 5.41) is 21.5. The van der Waals surface area contributed by atoms with E-state index in [0.29, 0.717) is 5.69 Å². The van der Waals surface area contributed by atoms with Crippen molar-refractivity contribution in [1.82, 2.24) is 0 Å². The van der Waals surface area contributed by atoms with E-state index in [0.717, 1.165) is 0 Å². The number of nitro benzene ring substituents is 1. The van der Waals surface area contributed by atoms with Gasteiger partial charge in [-0.1, -0.05) is 0 Å². The van der Waals surface area contributed by atoms with Crippen LogP contribution in [0.1, 0.15) is 12.8 Å². The van der Waals surface area contributed by atoms with Gasteiger partial charge in [0.05, 0.1) is 4.92 Å². The van der Waals surface area contributed by atoms with Crippen molar-refractivity contribution in [3.63, 3.8) is 0 Å². The number of carboxylic acids is 1. The van der Waals surface area contributed by atoms with Crippen LogP contribution in [0.4, 0.5) is 11.4 Å². The van der Waals surface area contributed by atoms with Crippen molar-refractivity contribution in [1.29, 1.82) is 0 Å². The van der Waals surface area contributed by atoms with Gasteiger partial charge in [0.25, 0.3) is 5.69 Å². The molecule has 0 radical (unpaired) electrons. The molecule has 0 aromatic heterocycles. The number of rotatable bonds is 6. The van der Waals surface area contributed by atoms with E-state index in [1.165, 1.54) is 24.3 Å². The topological polar surface area (TPSA) is 136 Å². The molecule has 0 aliphatic rings. The van der Waals surface area contributed by atoms with Gasteiger partial charge in [0.1, 0.15) is 6.04 Å². The van der Waals surface area contributed by atoms with Crippen LogP contribution in [0, 0.1) is 10.1 Å². The molecule has 4 N–H and O–H groups in total. The van der Waals surface area contributed by atoms with E-state index in [-0.39, 0.29) is 42.5 Å². The fourth-order valence-corrected chi connectivity index (χ4v) is 1.30. The first kappa shape index (κ1) is 18.2. The van der Waals surface area contributed by atoms with Crippen molar-refractivity contribution in [3.8, 4) is 0 Å². The van der Waals surface area contributed by atoms with Gasteiger partial charge < -0.3 is 16.2 Å². The second kappa shape index (κ2) is 8.43. The average molecular weight is 395 g/mol. The zero-order chi connectivity index (χ0) is 14.4. The minimum Gasteiger partial charge on any atom is -0.480 e. The zero-order valence-corrected chi connectivity index (χ0v) is 12.6. The number of carboxylic acid groups (broad SMARTS) is 1. The Bertz CT molecular complexity index is 491. The fraction of sp³-hybridized carbons (Fsp3) is 0.273. The molecule has 1 atom stereocenters. The Kier molecular flexibility index (Phi) is 7.69. The molecule has 0 spiro atoms. The van der Waals surface area contributed by atoms with Crippen molar-refractivity contribution < 1.29 is 19.6 Å². The van der Waals surface area contributed by atoms with Gasteiger partial charge in [0, 0.05) is 24.2 Å². The number of nitro groups is 1. The summed E-state index contributed by atoms with van der Waals surface area (Å²) in [5.41, 5.74) is 5.58. The lowest BCUT2D eigenvalue weighted by molar-refractivity contribution is -0.384. The normalized spacial score (nSPS) is 11.1. The quantitative estimate of drug-likeness (QED) is 0.378. The predicted molar refractivity (Wildman–Crippen MR) is 82.0 cm³/mol. The molecule has 20 heavy (non-hydrogen) atoms. The van der Waals surface area contributed by atoms with Crippen LogP contribution in [0.25, 0.3) is 0 Å². The first-order valence-corrected chi connectivity index (χ1v) is 5.43. The number of nitrogens with zero attached hydrogens (tertiary/aromatic N) is 1. The van der Waals surface area contributed by atoms with Gasteiger partial charge in [-0.25, -0.2) is 0 Å². The van der Waals surface area contributed by atoms with Crippen LogP contribution >= 0.6 is 24.0 Å². The first-order valence-electron chi connectivity index (χ1n) is 5.43. The Hall–Kier alpha value is -1.75. The average Bonchev–Trinajstić information content (AvgIpc) is 2.36. The number of benzene rings is 1. The first-order chi connectivity index (χ1) is 8.90. The number of hydrogen-bond donors (Lipinski definition) is 3. The van der Waals surface area contributed by atoms with Crippen molar-refractivity contribution in [2.45, 2.75) is 18.9 Å². The minimum atomic E-state index is -1.16. The van der Waals surface area contributed by atoms with Gasteiger partial charge in [0.2, 0.25) is 5.91 Å². The maximum atomic E-state index is 11.5. The van der Waals surface area contributed by atoms with Crippen LogP contribution in [-0.4, -0.2) is 27.9 Å². The van der Waals surface area contributed by atoms with Crippen molar-refractivity contribution in [2.24, 2.45) is 5.73 Å². The van der Waals surface area contributed by atoms with Gasteiger partial charge in [0.15, 0.2) is 0 Å². The van der Waals surface area contributed by atoms with E-state index in [1.54, 1.807) is 0 Å². The third-order valence-corrected chi connectivity index (χ3v) is 2.36. The Morgan fingerprint density at radius 3 is 2.35 bits per heavy atom. The molecule has 1 aromatic rings. The Morgan fingerprint density at radius 2 is 1.90 bits per heavy atom. The van der Waals surface area contributed by atoms with E-state index >= 15 is 0 Å². The summed E-state index contributed by atoms with van der Waals surface area (Å²) in [6, 6.07) is 4.24. The maximum absolute atomic E-state index is 11.5. The molecule has 0 heterocycles. The molecular weight excluding hydrogens is 381 g/mol. The molecule has 110 valence electrons. The number of halogens is 1. The van der Waals surface area contributed by atoms with Crippen LogP contribution in [0.15, 0.2) is 24.3 Å². The second-order valence-corrected chi connectivity index (χ2v) is 3.84. The Labute approximate surface area is 131 Å². The van der Waals surface area contributed by atoms with E-state index in [2.05, 4.69) is 5.32 Å². The zero-order valence-electron chi connectivity index (χ0n) is 10.3. The fourth-order valence-electron chi connectivity index (χ4n) is 1.30. The monoisotopic (exact) mass is 395 g/mol. The number of carbonyl (C=O) groups is 2. The highest BCUT2D eigenvalue weighted by atomic mass is 127. The minimum absolute atomic E-state index is 0. The van der Waals surface area contributed by atoms with Crippen LogP contribution in [0.3, 0.4) is 0 Å². The number of amides is 1. The second-order valence-electron chi connectivity index (χ2n) is 3.84. The lowest BCUT2D eigenvalue weighted by atomic mass is 10.1. The molecule has 1 amide bonds. The predicted octanol–water partition coefficient (Wildman–Crippen LogP) is 1.34. The van der Waals surface area contributed by atoms with Gasteiger partial charge in [-0.05, 0) is 18.6 Å². The number of anilines is 1. The molecule has 1 aromatic carbocycles. The van der Waals surface area contributed by atoms with Crippen molar-refractivity contribution in [2.75, 3.05) is 5.32 Å². The smallest absolute Gasteiger partial charge is 0.320 e. The SMILES string of the molecule is I.N[C@@H](CCC(=O)Nc1ccc([N+](=O)[O-])cc1)C(=O)O. The van der Waals surface area contributed by atoms with Gasteiger partial charge >= 0.3 is 5.97 Å². The van der Waals surface area contributed by atoms with Crippen molar-refractivity contribution in [3.05, 3.63) is 34.4 Å². The molecular formula is C11H14IN3O5. The van der Waals surface area contributed by atoms with Gasteiger partial charge in [-0.3, -0.25) is 19.7 Å². The number of hydrogen-bond acceptors (Lipinski definition) is 5. The van der Waals surface area contributed by atoms with Gasteiger partial charge in [-0.15, -0.1) is 24.0 Å². The molecule has 0 aliphatic carbocycles. The molecule has 0 saturated carbocycles. The number of aliphatic carboxylic acids is 1. The summed E-state index contributed by atoms with van der Waals surface area (Å²) < 4.78 is 0. The largest absolute Gasteiger partial charge is 0.480 e. The van der Waals surface area contributed by atoms with Crippen LogP contribution in [-0.2, 0) is 9.59 Å². The molecule has 0 unspecified atom stereocenters. The number of nitrogens with two attached hydrogens (primary N) is 1. The maximum Gasteiger partial charge on any atom is 0.320 e.